The standard InChI is InChI=1S/C36H34BrN3O4S/c1-5-12-28-32(35(42)44-6-2)33(27-19-24(37)17-18-30(27)43-4)40-34(41)31(45-36(40)38-28)20-26-22(3)39(21-23-13-8-7-9-14-23)29-16-11-10-15-25(26)29/h7-11,13-20,33H,5-6,12,21H2,1-4H3/b31-20+/t33-/m0/s1. The number of carbonyl (C=O) groups excluding carboxylic acids is 1. The summed E-state index contributed by atoms with van der Waals surface area (Å²) in [7, 11) is 1.59. The first kappa shape index (κ1) is 30.8. The molecule has 0 N–H and O–H groups in total. The molecular formula is C36H34BrN3O4S. The van der Waals surface area contributed by atoms with Gasteiger partial charge in [0.15, 0.2) is 4.80 Å². The summed E-state index contributed by atoms with van der Waals surface area (Å²) in [5.41, 5.74) is 5.81. The van der Waals surface area contributed by atoms with Gasteiger partial charge >= 0.3 is 5.97 Å². The predicted molar refractivity (Wildman–Crippen MR) is 183 cm³/mol. The Bertz CT molecular complexity index is 2130. The largest absolute Gasteiger partial charge is 0.496 e. The molecule has 0 spiro atoms. The van der Waals surface area contributed by atoms with Crippen molar-refractivity contribution in [2.45, 2.75) is 46.2 Å². The van der Waals surface area contributed by atoms with E-state index in [1.54, 1.807) is 18.6 Å². The molecule has 1 aliphatic rings. The molecule has 2 aromatic heterocycles. The molecule has 1 aliphatic heterocycles. The predicted octanol–water partition coefficient (Wildman–Crippen LogP) is 6.66. The fraction of sp³-hybridized carbons (Fsp3) is 0.250. The molecule has 0 unspecified atom stereocenters. The third kappa shape index (κ3) is 5.71. The van der Waals surface area contributed by atoms with Crippen LogP contribution in [-0.2, 0) is 16.1 Å². The van der Waals surface area contributed by atoms with Crippen LogP contribution in [-0.4, -0.2) is 28.8 Å². The van der Waals surface area contributed by atoms with E-state index >= 15 is 0 Å². The molecule has 0 bridgehead atoms. The van der Waals surface area contributed by atoms with Gasteiger partial charge in [-0.15, -0.1) is 0 Å². The average molecular weight is 685 g/mol. The molecule has 5 aromatic rings. The van der Waals surface area contributed by atoms with Gasteiger partial charge in [-0.2, -0.15) is 0 Å². The van der Waals surface area contributed by atoms with Crippen molar-refractivity contribution >= 4 is 50.2 Å². The highest BCUT2D eigenvalue weighted by Gasteiger charge is 2.36. The second-order valence-electron chi connectivity index (χ2n) is 10.9. The van der Waals surface area contributed by atoms with Crippen molar-refractivity contribution in [1.29, 1.82) is 0 Å². The van der Waals surface area contributed by atoms with Crippen LogP contribution in [0.2, 0.25) is 0 Å². The normalized spacial score (nSPS) is 14.9. The topological polar surface area (TPSA) is 74.8 Å². The molecule has 0 aliphatic carbocycles. The fourth-order valence-corrected chi connectivity index (χ4v) is 7.46. The van der Waals surface area contributed by atoms with Crippen LogP contribution < -0.4 is 19.6 Å². The molecule has 0 saturated carbocycles. The van der Waals surface area contributed by atoms with Crippen LogP contribution in [0, 0.1) is 6.92 Å². The molecule has 1 atom stereocenters. The van der Waals surface area contributed by atoms with Gasteiger partial charge in [-0.05, 0) is 56.2 Å². The van der Waals surface area contributed by atoms with E-state index in [2.05, 4.69) is 51.7 Å². The van der Waals surface area contributed by atoms with E-state index in [0.717, 1.165) is 33.1 Å². The smallest absolute Gasteiger partial charge is 0.338 e. The molecule has 0 amide bonds. The Morgan fingerprint density at radius 1 is 1.07 bits per heavy atom. The highest BCUT2D eigenvalue weighted by Crippen LogP contribution is 2.38. The Morgan fingerprint density at radius 2 is 1.82 bits per heavy atom. The van der Waals surface area contributed by atoms with Crippen LogP contribution in [0.1, 0.15) is 55.1 Å². The van der Waals surface area contributed by atoms with E-state index in [1.165, 1.54) is 16.9 Å². The van der Waals surface area contributed by atoms with Gasteiger partial charge in [0.25, 0.3) is 5.56 Å². The Balaban J connectivity index is 1.61. The Labute approximate surface area is 273 Å². The monoisotopic (exact) mass is 683 g/mol. The Hall–Kier alpha value is -4.21. The summed E-state index contributed by atoms with van der Waals surface area (Å²) in [6.45, 7) is 6.84. The molecular weight excluding hydrogens is 650 g/mol. The molecule has 230 valence electrons. The zero-order valence-electron chi connectivity index (χ0n) is 25.7. The fourth-order valence-electron chi connectivity index (χ4n) is 6.07. The van der Waals surface area contributed by atoms with Gasteiger partial charge in [0.2, 0.25) is 0 Å². The summed E-state index contributed by atoms with van der Waals surface area (Å²) in [6, 6.07) is 23.5. The number of ether oxygens (including phenoxy) is 2. The van der Waals surface area contributed by atoms with Crippen LogP contribution >= 0.6 is 27.3 Å². The maximum Gasteiger partial charge on any atom is 0.338 e. The minimum absolute atomic E-state index is 0.209. The Kier molecular flexibility index (Phi) is 8.92. The van der Waals surface area contributed by atoms with Crippen LogP contribution in [0.5, 0.6) is 5.75 Å². The summed E-state index contributed by atoms with van der Waals surface area (Å²) in [5.74, 6) is 0.0861. The third-order valence-corrected chi connectivity index (χ3v) is 9.59. The molecule has 3 heterocycles. The lowest BCUT2D eigenvalue weighted by Gasteiger charge is -2.27. The van der Waals surface area contributed by atoms with Crippen molar-refractivity contribution in [2.24, 2.45) is 4.99 Å². The first-order chi connectivity index (χ1) is 21.9. The van der Waals surface area contributed by atoms with Gasteiger partial charge in [0.05, 0.1) is 29.5 Å². The molecule has 6 rings (SSSR count). The van der Waals surface area contributed by atoms with Crippen LogP contribution in [0.25, 0.3) is 17.0 Å². The van der Waals surface area contributed by atoms with Gasteiger partial charge in [0.1, 0.15) is 11.8 Å². The summed E-state index contributed by atoms with van der Waals surface area (Å²) < 4.78 is 16.6. The number of fused-ring (bicyclic) bond motifs is 2. The minimum atomic E-state index is -0.767. The van der Waals surface area contributed by atoms with Crippen molar-refractivity contribution < 1.29 is 14.3 Å². The molecule has 3 aromatic carbocycles. The number of halogens is 1. The van der Waals surface area contributed by atoms with Gasteiger partial charge < -0.3 is 14.0 Å². The van der Waals surface area contributed by atoms with E-state index in [-0.39, 0.29) is 12.2 Å². The molecule has 45 heavy (non-hydrogen) atoms. The van der Waals surface area contributed by atoms with E-state index in [0.29, 0.717) is 44.9 Å². The molecule has 0 radical (unpaired) electrons. The van der Waals surface area contributed by atoms with Crippen LogP contribution in [0.3, 0.4) is 0 Å². The number of methoxy groups -OCH3 is 1. The molecule has 0 saturated heterocycles. The van der Waals surface area contributed by atoms with E-state index < -0.39 is 12.0 Å². The summed E-state index contributed by atoms with van der Waals surface area (Å²) >= 11 is 4.93. The second-order valence-corrected chi connectivity index (χ2v) is 12.8. The van der Waals surface area contributed by atoms with Crippen molar-refractivity contribution in [3.05, 3.63) is 131 Å². The van der Waals surface area contributed by atoms with Crippen LogP contribution in [0.15, 0.2) is 98.3 Å². The highest BCUT2D eigenvalue weighted by atomic mass is 79.9. The number of para-hydroxylation sites is 1. The van der Waals surface area contributed by atoms with E-state index in [9.17, 15) is 9.59 Å². The zero-order chi connectivity index (χ0) is 31.7. The maximum absolute atomic E-state index is 14.5. The summed E-state index contributed by atoms with van der Waals surface area (Å²) in [6.07, 6.45) is 3.32. The number of allylic oxidation sites excluding steroid dienone is 1. The molecule has 7 nitrogen and oxygen atoms in total. The average Bonchev–Trinajstić information content (AvgIpc) is 3.49. The summed E-state index contributed by atoms with van der Waals surface area (Å²) in [5, 5.41) is 1.07. The van der Waals surface area contributed by atoms with Crippen molar-refractivity contribution in [3.8, 4) is 5.75 Å². The van der Waals surface area contributed by atoms with Crippen molar-refractivity contribution in [3.63, 3.8) is 0 Å². The van der Waals surface area contributed by atoms with Gasteiger partial charge in [0, 0.05) is 38.7 Å². The first-order valence-electron chi connectivity index (χ1n) is 15.0. The third-order valence-electron chi connectivity index (χ3n) is 8.12. The van der Waals surface area contributed by atoms with E-state index in [1.807, 2.05) is 61.5 Å². The second kappa shape index (κ2) is 13.0. The number of thiazole rings is 1. The lowest BCUT2D eigenvalue weighted by molar-refractivity contribution is -0.139. The molecule has 9 heteroatoms. The lowest BCUT2D eigenvalue weighted by atomic mass is 9.93. The number of benzene rings is 3. The number of aromatic nitrogens is 2. The zero-order valence-corrected chi connectivity index (χ0v) is 28.1. The van der Waals surface area contributed by atoms with Crippen LogP contribution in [0.4, 0.5) is 0 Å². The SMILES string of the molecule is CCCC1=C(C(=O)OCC)[C@H](c2cc(Br)ccc2OC)n2c(s/c(=C/c3c(C)n(Cc4ccccc4)c4ccccc34)c2=O)=N1. The maximum atomic E-state index is 14.5. The number of hydrogen-bond acceptors (Lipinski definition) is 6. The van der Waals surface area contributed by atoms with Gasteiger partial charge in [-0.1, -0.05) is 89.1 Å². The number of carbonyl (C=O) groups is 1. The lowest BCUT2D eigenvalue weighted by Crippen LogP contribution is -2.40. The number of hydrogen-bond donors (Lipinski definition) is 0. The minimum Gasteiger partial charge on any atom is -0.496 e. The Morgan fingerprint density at radius 3 is 2.56 bits per heavy atom. The van der Waals surface area contributed by atoms with Gasteiger partial charge in [-0.25, -0.2) is 9.79 Å². The van der Waals surface area contributed by atoms with E-state index in [4.69, 9.17) is 14.5 Å². The number of nitrogens with zero attached hydrogens (tertiary/aromatic N) is 3. The van der Waals surface area contributed by atoms with Crippen molar-refractivity contribution in [1.82, 2.24) is 9.13 Å². The highest BCUT2D eigenvalue weighted by molar-refractivity contribution is 9.10. The quantitative estimate of drug-likeness (QED) is 0.163. The number of esters is 1. The van der Waals surface area contributed by atoms with Crippen molar-refractivity contribution in [2.75, 3.05) is 13.7 Å². The summed E-state index contributed by atoms with van der Waals surface area (Å²) in [4.78, 5) is 33.5. The van der Waals surface area contributed by atoms with Gasteiger partial charge in [-0.3, -0.25) is 9.36 Å². The number of rotatable bonds is 9. The first-order valence-corrected chi connectivity index (χ1v) is 16.6. The molecule has 0 fully saturated rings.